The van der Waals surface area contributed by atoms with Gasteiger partial charge in [0.05, 0.1) is 11.0 Å². The van der Waals surface area contributed by atoms with Gasteiger partial charge >= 0.3 is 0 Å². The summed E-state index contributed by atoms with van der Waals surface area (Å²) >= 11 is 3.33. The van der Waals surface area contributed by atoms with Gasteiger partial charge in [-0.3, -0.25) is 4.79 Å². The van der Waals surface area contributed by atoms with E-state index in [0.717, 1.165) is 9.20 Å². The first-order chi connectivity index (χ1) is 8.18. The zero-order chi connectivity index (χ0) is 12.0. The number of fused-ring (bicyclic) bond motifs is 2. The smallest absolute Gasteiger partial charge is 0.197 e. The minimum absolute atomic E-state index is 0.0617. The van der Waals surface area contributed by atoms with Crippen LogP contribution in [0.4, 0.5) is 0 Å². The maximum Gasteiger partial charge on any atom is 0.197 e. The molecule has 0 unspecified atom stereocenters. The second-order valence-corrected chi connectivity index (χ2v) is 4.74. The van der Waals surface area contributed by atoms with Crippen molar-refractivity contribution < 1.29 is 5.21 Å². The monoisotopic (exact) mass is 289 g/mol. The summed E-state index contributed by atoms with van der Waals surface area (Å²) in [5.74, 6) is 0. The highest BCUT2D eigenvalue weighted by atomic mass is 79.9. The Morgan fingerprint density at radius 2 is 1.71 bits per heavy atom. The molecule has 3 nitrogen and oxygen atoms in total. The lowest BCUT2D eigenvalue weighted by molar-refractivity contribution is 0.211. The van der Waals surface area contributed by atoms with Crippen molar-refractivity contribution in [2.75, 3.05) is 0 Å². The number of aromatic nitrogens is 1. The van der Waals surface area contributed by atoms with Crippen molar-refractivity contribution in [1.82, 2.24) is 4.73 Å². The van der Waals surface area contributed by atoms with Crippen molar-refractivity contribution in [3.63, 3.8) is 0 Å². The molecule has 1 N–H and O–H groups in total. The van der Waals surface area contributed by atoms with E-state index in [2.05, 4.69) is 15.9 Å². The third-order valence-electron chi connectivity index (χ3n) is 2.81. The molecule has 1 aromatic heterocycles. The first kappa shape index (κ1) is 10.4. The topological polar surface area (TPSA) is 42.2 Å². The van der Waals surface area contributed by atoms with Crippen LogP contribution in [0.2, 0.25) is 0 Å². The molecule has 0 fully saturated rings. The highest BCUT2D eigenvalue weighted by Crippen LogP contribution is 2.21. The van der Waals surface area contributed by atoms with Crippen molar-refractivity contribution in [2.45, 2.75) is 0 Å². The molecule has 17 heavy (non-hydrogen) atoms. The predicted octanol–water partition coefficient (Wildman–Crippen LogP) is 3.15. The minimum Gasteiger partial charge on any atom is -0.428 e. The molecule has 0 radical (unpaired) electrons. The Labute approximate surface area is 105 Å². The van der Waals surface area contributed by atoms with Crippen LogP contribution in [0.15, 0.2) is 51.7 Å². The quantitative estimate of drug-likeness (QED) is 0.510. The zero-order valence-electron chi connectivity index (χ0n) is 8.72. The van der Waals surface area contributed by atoms with Crippen molar-refractivity contribution in [3.05, 3.63) is 57.2 Å². The first-order valence-corrected chi connectivity index (χ1v) is 5.90. The third kappa shape index (κ3) is 1.45. The van der Waals surface area contributed by atoms with Crippen LogP contribution in [0, 0.1) is 0 Å². The molecule has 0 aliphatic heterocycles. The fourth-order valence-corrected chi connectivity index (χ4v) is 2.35. The summed E-state index contributed by atoms with van der Waals surface area (Å²) in [4.78, 5) is 12.2. The van der Waals surface area contributed by atoms with Gasteiger partial charge in [0, 0.05) is 15.2 Å². The molecule has 1 heterocycles. The number of halogens is 1. The van der Waals surface area contributed by atoms with E-state index in [4.69, 9.17) is 0 Å². The van der Waals surface area contributed by atoms with Gasteiger partial charge in [-0.05, 0) is 30.3 Å². The SMILES string of the molecule is O=c1c2ccccc2n(O)c2cc(Br)ccc12. The van der Waals surface area contributed by atoms with Crippen LogP contribution in [-0.4, -0.2) is 9.94 Å². The predicted molar refractivity (Wildman–Crippen MR) is 70.6 cm³/mol. The van der Waals surface area contributed by atoms with E-state index in [1.165, 1.54) is 0 Å². The van der Waals surface area contributed by atoms with Gasteiger partial charge < -0.3 is 5.21 Å². The van der Waals surface area contributed by atoms with Crippen LogP contribution in [0.25, 0.3) is 21.8 Å². The Morgan fingerprint density at radius 3 is 2.53 bits per heavy atom. The number of hydrogen-bond acceptors (Lipinski definition) is 2. The Hall–Kier alpha value is -1.81. The summed E-state index contributed by atoms with van der Waals surface area (Å²) in [7, 11) is 0. The molecular weight excluding hydrogens is 282 g/mol. The van der Waals surface area contributed by atoms with Gasteiger partial charge in [-0.15, -0.1) is 0 Å². The molecule has 2 aromatic carbocycles. The molecule has 0 amide bonds. The van der Waals surface area contributed by atoms with Crippen LogP contribution < -0.4 is 5.43 Å². The van der Waals surface area contributed by atoms with Crippen molar-refractivity contribution in [2.24, 2.45) is 0 Å². The summed E-state index contributed by atoms with van der Waals surface area (Å²) in [6.07, 6.45) is 0. The number of rotatable bonds is 0. The fourth-order valence-electron chi connectivity index (χ4n) is 2.00. The second kappa shape index (κ2) is 3.60. The summed E-state index contributed by atoms with van der Waals surface area (Å²) in [5.41, 5.74) is 0.958. The maximum atomic E-state index is 12.2. The van der Waals surface area contributed by atoms with E-state index in [1.54, 1.807) is 42.5 Å². The molecule has 3 rings (SSSR count). The van der Waals surface area contributed by atoms with Crippen molar-refractivity contribution >= 4 is 37.7 Å². The number of nitrogens with zero attached hydrogens (tertiary/aromatic N) is 1. The average molecular weight is 290 g/mol. The highest BCUT2D eigenvalue weighted by Gasteiger charge is 2.09. The maximum absolute atomic E-state index is 12.2. The summed E-state index contributed by atoms with van der Waals surface area (Å²) in [5, 5.41) is 11.1. The molecule has 0 aliphatic carbocycles. The van der Waals surface area contributed by atoms with Crippen LogP contribution >= 0.6 is 15.9 Å². The lowest BCUT2D eigenvalue weighted by Crippen LogP contribution is -2.09. The van der Waals surface area contributed by atoms with E-state index in [1.807, 2.05) is 0 Å². The van der Waals surface area contributed by atoms with Gasteiger partial charge in [0.15, 0.2) is 5.43 Å². The number of hydrogen-bond donors (Lipinski definition) is 1. The van der Waals surface area contributed by atoms with Gasteiger partial charge in [0.1, 0.15) is 0 Å². The van der Waals surface area contributed by atoms with Crippen molar-refractivity contribution in [1.29, 1.82) is 0 Å². The Kier molecular flexibility index (Phi) is 2.19. The lowest BCUT2D eigenvalue weighted by atomic mass is 10.1. The Bertz CT molecular complexity index is 792. The van der Waals surface area contributed by atoms with Crippen LogP contribution in [0.3, 0.4) is 0 Å². The third-order valence-corrected chi connectivity index (χ3v) is 3.30. The number of benzene rings is 2. The van der Waals surface area contributed by atoms with E-state index in [0.29, 0.717) is 21.8 Å². The van der Waals surface area contributed by atoms with Crippen LogP contribution in [-0.2, 0) is 0 Å². The summed E-state index contributed by atoms with van der Waals surface area (Å²) in [6, 6.07) is 12.2. The van der Waals surface area contributed by atoms with E-state index in [-0.39, 0.29) is 5.43 Å². The molecule has 84 valence electrons. The number of pyridine rings is 1. The average Bonchev–Trinajstić information content (AvgIpc) is 2.36. The molecule has 0 aliphatic rings. The Balaban J connectivity index is 2.68. The molecule has 0 atom stereocenters. The fraction of sp³-hybridized carbons (Fsp3) is 0. The van der Waals surface area contributed by atoms with Gasteiger partial charge in [-0.1, -0.05) is 28.1 Å². The minimum atomic E-state index is -0.0617. The highest BCUT2D eigenvalue weighted by molar-refractivity contribution is 9.10. The second-order valence-electron chi connectivity index (χ2n) is 3.82. The number of para-hydroxylation sites is 1. The van der Waals surface area contributed by atoms with Crippen molar-refractivity contribution in [3.8, 4) is 0 Å². The van der Waals surface area contributed by atoms with Gasteiger partial charge in [0.25, 0.3) is 0 Å². The largest absolute Gasteiger partial charge is 0.428 e. The normalized spacial score (nSPS) is 11.1. The van der Waals surface area contributed by atoms with Gasteiger partial charge in [-0.2, -0.15) is 4.73 Å². The van der Waals surface area contributed by atoms with E-state index >= 15 is 0 Å². The van der Waals surface area contributed by atoms with E-state index in [9.17, 15) is 10.0 Å². The van der Waals surface area contributed by atoms with Crippen LogP contribution in [0.5, 0.6) is 0 Å². The zero-order valence-corrected chi connectivity index (χ0v) is 10.3. The van der Waals surface area contributed by atoms with Crippen LogP contribution in [0.1, 0.15) is 0 Å². The Morgan fingerprint density at radius 1 is 1.00 bits per heavy atom. The molecule has 0 saturated carbocycles. The molecule has 0 spiro atoms. The molecule has 3 aromatic rings. The van der Waals surface area contributed by atoms with Gasteiger partial charge in [-0.25, -0.2) is 0 Å². The standard InChI is InChI=1S/C13H8BrNO2/c14-8-5-6-10-12(7-8)15(17)11-4-2-1-3-9(11)13(10)16/h1-7,17H. The summed E-state index contributed by atoms with van der Waals surface area (Å²) in [6.45, 7) is 0. The van der Waals surface area contributed by atoms with Gasteiger partial charge in [0.2, 0.25) is 0 Å². The van der Waals surface area contributed by atoms with E-state index < -0.39 is 0 Å². The summed E-state index contributed by atoms with van der Waals surface area (Å²) < 4.78 is 1.87. The molecule has 0 saturated heterocycles. The lowest BCUT2D eigenvalue weighted by Gasteiger charge is -2.08. The molecule has 4 heteroatoms. The molecular formula is C13H8BrNO2. The first-order valence-electron chi connectivity index (χ1n) is 5.11. The molecule has 0 bridgehead atoms.